The molecule has 0 aromatic heterocycles. The highest BCUT2D eigenvalue weighted by atomic mass is 16.5. The van der Waals surface area contributed by atoms with Crippen LogP contribution in [0.2, 0.25) is 0 Å². The molecule has 67 heavy (non-hydrogen) atoms. The van der Waals surface area contributed by atoms with Crippen molar-refractivity contribution in [3.63, 3.8) is 0 Å². The van der Waals surface area contributed by atoms with Gasteiger partial charge in [0, 0.05) is 38.5 Å². The Morgan fingerprint density at radius 1 is 0.403 bits per heavy atom. The fourth-order valence-electron chi connectivity index (χ4n) is 11.9. The second-order valence-corrected chi connectivity index (χ2v) is 19.6. The molecule has 0 fully saturated rings. The predicted octanol–water partition coefficient (Wildman–Crippen LogP) is 14.8. The SMILES string of the molecule is CC(C)(c1cccc(CC2(C)c3c(ccc4cc(O)ccc34)Oc3ccc4cc(O)ccc4c32)c1)c1ccccc1CC1(C)c2c(ccc3cc(O)ccc23)Oc2ccc3cc(O)ccc3c21. The van der Waals surface area contributed by atoms with Crippen molar-refractivity contribution in [2.45, 2.75) is 56.8 Å². The average molecular weight is 877 g/mol. The molecule has 2 heterocycles. The maximum absolute atomic E-state index is 10.6. The molecule has 0 bridgehead atoms. The summed E-state index contributed by atoms with van der Waals surface area (Å²) in [5, 5.41) is 50.1. The molecule has 0 spiro atoms. The Morgan fingerprint density at radius 3 is 1.21 bits per heavy atom. The van der Waals surface area contributed by atoms with E-state index in [0.29, 0.717) is 12.8 Å². The molecule has 328 valence electrons. The van der Waals surface area contributed by atoms with Crippen LogP contribution in [-0.2, 0) is 29.1 Å². The zero-order valence-corrected chi connectivity index (χ0v) is 37.7. The lowest BCUT2D eigenvalue weighted by atomic mass is 9.65. The van der Waals surface area contributed by atoms with Crippen molar-refractivity contribution in [2.24, 2.45) is 0 Å². The number of aromatic hydroxyl groups is 4. The first kappa shape index (κ1) is 40.5. The topological polar surface area (TPSA) is 99.4 Å². The first-order valence-electron chi connectivity index (χ1n) is 22.9. The maximum atomic E-state index is 10.6. The number of hydrogen-bond donors (Lipinski definition) is 4. The van der Waals surface area contributed by atoms with E-state index < -0.39 is 16.2 Å². The highest BCUT2D eigenvalue weighted by Crippen LogP contribution is 2.57. The summed E-state index contributed by atoms with van der Waals surface area (Å²) in [6, 6.07) is 56.2. The van der Waals surface area contributed by atoms with Crippen molar-refractivity contribution in [1.82, 2.24) is 0 Å². The fraction of sp³-hybridized carbons (Fsp3) is 0.148. The average Bonchev–Trinajstić information content (AvgIpc) is 3.31. The van der Waals surface area contributed by atoms with Crippen LogP contribution in [0, 0.1) is 0 Å². The quantitative estimate of drug-likeness (QED) is 0.133. The number of fused-ring (bicyclic) bond motifs is 12. The lowest BCUT2D eigenvalue weighted by Gasteiger charge is -2.41. The number of benzene rings is 10. The van der Waals surface area contributed by atoms with Gasteiger partial charge in [0.2, 0.25) is 0 Å². The summed E-state index contributed by atoms with van der Waals surface area (Å²) in [4.78, 5) is 0. The van der Waals surface area contributed by atoms with Crippen LogP contribution in [0.5, 0.6) is 46.0 Å². The van der Waals surface area contributed by atoms with Crippen LogP contribution < -0.4 is 9.47 Å². The lowest BCUT2D eigenvalue weighted by molar-refractivity contribution is 0.407. The van der Waals surface area contributed by atoms with Gasteiger partial charge in [0.05, 0.1) is 0 Å². The third-order valence-electron chi connectivity index (χ3n) is 14.9. The number of phenolic OH excluding ortho intramolecular Hbond substituents is 4. The van der Waals surface area contributed by atoms with E-state index in [-0.39, 0.29) is 23.0 Å². The number of hydrogen-bond acceptors (Lipinski definition) is 6. The van der Waals surface area contributed by atoms with Gasteiger partial charge in [-0.1, -0.05) is 125 Å². The van der Waals surface area contributed by atoms with Gasteiger partial charge in [0.25, 0.3) is 0 Å². The van der Waals surface area contributed by atoms with E-state index in [1.807, 2.05) is 97.1 Å². The molecule has 10 aromatic carbocycles. The second-order valence-electron chi connectivity index (χ2n) is 19.6. The summed E-state index contributed by atoms with van der Waals surface area (Å²) >= 11 is 0. The monoisotopic (exact) mass is 876 g/mol. The van der Waals surface area contributed by atoms with Crippen molar-refractivity contribution in [1.29, 1.82) is 0 Å². The molecular weight excluding hydrogens is 829 g/mol. The number of ether oxygens (including phenoxy) is 2. The van der Waals surface area contributed by atoms with Gasteiger partial charge in [-0.3, -0.25) is 0 Å². The maximum Gasteiger partial charge on any atom is 0.132 e. The van der Waals surface area contributed by atoms with Gasteiger partial charge in [-0.2, -0.15) is 0 Å². The Hall–Kier alpha value is -7.96. The molecular formula is C61H48O6. The van der Waals surface area contributed by atoms with Gasteiger partial charge in [-0.25, -0.2) is 0 Å². The molecule has 6 nitrogen and oxygen atoms in total. The van der Waals surface area contributed by atoms with Crippen molar-refractivity contribution < 1.29 is 29.9 Å². The Kier molecular flexibility index (Phi) is 8.79. The Balaban J connectivity index is 1.00. The molecule has 0 saturated carbocycles. The van der Waals surface area contributed by atoms with Crippen molar-refractivity contribution in [3.05, 3.63) is 214 Å². The summed E-state index contributed by atoms with van der Waals surface area (Å²) < 4.78 is 13.5. The third-order valence-corrected chi connectivity index (χ3v) is 14.9. The molecule has 0 saturated heterocycles. The van der Waals surface area contributed by atoms with Gasteiger partial charge < -0.3 is 29.9 Å². The van der Waals surface area contributed by atoms with Gasteiger partial charge in [0.15, 0.2) is 0 Å². The van der Waals surface area contributed by atoms with Crippen molar-refractivity contribution in [2.75, 3.05) is 0 Å². The smallest absolute Gasteiger partial charge is 0.132 e. The van der Waals surface area contributed by atoms with E-state index in [4.69, 9.17) is 9.47 Å². The lowest BCUT2D eigenvalue weighted by Crippen LogP contribution is -2.33. The third kappa shape index (κ3) is 6.23. The van der Waals surface area contributed by atoms with Crippen LogP contribution in [0.15, 0.2) is 170 Å². The van der Waals surface area contributed by atoms with E-state index in [9.17, 15) is 20.4 Å². The molecule has 4 N–H and O–H groups in total. The zero-order valence-electron chi connectivity index (χ0n) is 37.7. The van der Waals surface area contributed by atoms with E-state index >= 15 is 0 Å². The Morgan fingerprint density at radius 2 is 0.791 bits per heavy atom. The molecule has 0 aliphatic carbocycles. The molecule has 12 rings (SSSR count). The summed E-state index contributed by atoms with van der Waals surface area (Å²) in [7, 11) is 0. The summed E-state index contributed by atoms with van der Waals surface area (Å²) in [6.45, 7) is 9.25. The predicted molar refractivity (Wildman–Crippen MR) is 268 cm³/mol. The minimum absolute atomic E-state index is 0.211. The molecule has 2 aliphatic rings. The molecule has 0 unspecified atom stereocenters. The molecule has 0 amide bonds. The highest BCUT2D eigenvalue weighted by molar-refractivity contribution is 5.98. The van der Waals surface area contributed by atoms with Crippen LogP contribution in [-0.4, -0.2) is 20.4 Å². The molecule has 0 radical (unpaired) electrons. The Bertz CT molecular complexity index is 3530. The van der Waals surface area contributed by atoms with Gasteiger partial charge in [-0.05, 0) is 151 Å². The fourth-order valence-corrected chi connectivity index (χ4v) is 11.9. The van der Waals surface area contributed by atoms with Gasteiger partial charge >= 0.3 is 0 Å². The van der Waals surface area contributed by atoms with Crippen LogP contribution in [0.4, 0.5) is 0 Å². The minimum atomic E-state index is -0.610. The van der Waals surface area contributed by atoms with Crippen molar-refractivity contribution >= 4 is 43.1 Å². The van der Waals surface area contributed by atoms with E-state index in [2.05, 4.69) is 76.2 Å². The highest BCUT2D eigenvalue weighted by Gasteiger charge is 2.44. The van der Waals surface area contributed by atoms with Crippen LogP contribution in [0.25, 0.3) is 43.1 Å². The Labute approximate surface area is 388 Å². The summed E-state index contributed by atoms with van der Waals surface area (Å²) in [5.74, 6) is 3.99. The van der Waals surface area contributed by atoms with Gasteiger partial charge in [0.1, 0.15) is 46.0 Å². The van der Waals surface area contributed by atoms with Crippen LogP contribution in [0.3, 0.4) is 0 Å². The first-order valence-corrected chi connectivity index (χ1v) is 22.9. The van der Waals surface area contributed by atoms with E-state index in [0.717, 1.165) is 88.3 Å². The standard InChI is InChI=1S/C61H48O6/c1-59(2,41-10-7-8-35(28-41)33-60(3)55-46-20-16-42(62)29-36(46)12-24-51(55)66-52-25-13-37-30-43(63)17-21-47(37)56(52)60)50-11-6-5-9-40(50)34-61(4)57-48-22-18-44(64)31-38(48)14-26-53(57)67-54-27-15-39-32-45(65)19-23-49(39)58(54)61/h5-32,62-65H,33-34H2,1-4H3. The van der Waals surface area contributed by atoms with Gasteiger partial charge in [-0.15, -0.1) is 0 Å². The zero-order chi connectivity index (χ0) is 46.0. The molecule has 10 aromatic rings. The number of rotatable bonds is 6. The molecule has 0 atom stereocenters. The van der Waals surface area contributed by atoms with E-state index in [1.165, 1.54) is 22.3 Å². The second kappa shape index (κ2) is 14.5. The van der Waals surface area contributed by atoms with E-state index in [1.54, 1.807) is 24.3 Å². The van der Waals surface area contributed by atoms with Crippen molar-refractivity contribution in [3.8, 4) is 46.0 Å². The molecule has 2 aliphatic heterocycles. The normalized spacial score (nSPS) is 14.5. The number of phenols is 4. The molecule has 6 heteroatoms. The van der Waals surface area contributed by atoms with Crippen LogP contribution >= 0.6 is 0 Å². The minimum Gasteiger partial charge on any atom is -0.508 e. The summed E-state index contributed by atoms with van der Waals surface area (Å²) in [6.07, 6.45) is 1.30. The first-order chi connectivity index (χ1) is 32.3. The van der Waals surface area contributed by atoms with Crippen LogP contribution in [0.1, 0.15) is 72.2 Å². The largest absolute Gasteiger partial charge is 0.508 e. The summed E-state index contributed by atoms with van der Waals surface area (Å²) in [5.41, 5.74) is 7.35.